The van der Waals surface area contributed by atoms with Crippen molar-refractivity contribution in [1.29, 1.82) is 0 Å². The lowest BCUT2D eigenvalue weighted by Crippen LogP contribution is -2.46. The zero-order valence-electron chi connectivity index (χ0n) is 15.0. The van der Waals surface area contributed by atoms with Gasteiger partial charge in [-0.25, -0.2) is 0 Å². The fourth-order valence-corrected chi connectivity index (χ4v) is 4.83. The number of nitrogens with zero attached hydrogens (tertiary/aromatic N) is 2. The van der Waals surface area contributed by atoms with E-state index >= 15 is 0 Å². The van der Waals surface area contributed by atoms with Crippen LogP contribution in [0.5, 0.6) is 0 Å². The maximum absolute atomic E-state index is 13.3. The minimum atomic E-state index is -0.399. The van der Waals surface area contributed by atoms with E-state index in [0.29, 0.717) is 11.1 Å². The van der Waals surface area contributed by atoms with Gasteiger partial charge in [-0.15, -0.1) is 0 Å². The van der Waals surface area contributed by atoms with Crippen LogP contribution < -0.4 is 5.73 Å². The number of hydrogen-bond acceptors (Lipinski definition) is 3. The van der Waals surface area contributed by atoms with E-state index in [9.17, 15) is 9.59 Å². The van der Waals surface area contributed by atoms with Gasteiger partial charge in [0.05, 0.1) is 5.69 Å². The Morgan fingerprint density at radius 3 is 2.74 bits per heavy atom. The van der Waals surface area contributed by atoms with Gasteiger partial charge in [0.1, 0.15) is 0 Å². The quantitative estimate of drug-likeness (QED) is 0.895. The summed E-state index contributed by atoms with van der Waals surface area (Å²) >= 11 is 0. The summed E-state index contributed by atoms with van der Waals surface area (Å²) in [6.07, 6.45) is 5.58. The predicted octanol–water partition coefficient (Wildman–Crippen LogP) is 2.99. The Balaban J connectivity index is 1.46. The molecule has 5 heteroatoms. The number of aliphatic imine (C=N–C) groups is 1. The minimum absolute atomic E-state index is 0.0810. The normalized spacial score (nSPS) is 22.3. The molecule has 2 aromatic carbocycles. The SMILES string of the molecule is NC(=O)c1ccc2c(c1)C1CCCN(C(=O)c3ccc4c(c3)N=CC4)[C@H]1C2. The Morgan fingerprint density at radius 2 is 1.89 bits per heavy atom. The predicted molar refractivity (Wildman–Crippen MR) is 104 cm³/mol. The van der Waals surface area contributed by atoms with Crippen LogP contribution >= 0.6 is 0 Å². The lowest BCUT2D eigenvalue weighted by molar-refractivity contribution is 0.0595. The minimum Gasteiger partial charge on any atom is -0.366 e. The molecule has 1 unspecified atom stereocenters. The lowest BCUT2D eigenvalue weighted by atomic mass is 9.87. The van der Waals surface area contributed by atoms with Gasteiger partial charge in [0.15, 0.2) is 0 Å². The maximum atomic E-state index is 13.3. The molecule has 1 fully saturated rings. The highest BCUT2D eigenvalue weighted by Gasteiger charge is 2.41. The second-order valence-electron chi connectivity index (χ2n) is 7.66. The largest absolute Gasteiger partial charge is 0.366 e. The smallest absolute Gasteiger partial charge is 0.254 e. The maximum Gasteiger partial charge on any atom is 0.254 e. The van der Waals surface area contributed by atoms with Gasteiger partial charge >= 0.3 is 0 Å². The first-order valence-corrected chi connectivity index (χ1v) is 9.51. The summed E-state index contributed by atoms with van der Waals surface area (Å²) in [5.74, 6) is -0.0364. The van der Waals surface area contributed by atoms with Crippen LogP contribution in [0.25, 0.3) is 0 Å². The molecule has 2 heterocycles. The van der Waals surface area contributed by atoms with Crippen molar-refractivity contribution < 1.29 is 9.59 Å². The monoisotopic (exact) mass is 359 g/mol. The summed E-state index contributed by atoms with van der Waals surface area (Å²) in [6.45, 7) is 0.775. The van der Waals surface area contributed by atoms with E-state index in [2.05, 4.69) is 4.99 Å². The van der Waals surface area contributed by atoms with E-state index in [1.165, 1.54) is 16.7 Å². The fraction of sp³-hybridized carbons (Fsp3) is 0.318. The van der Waals surface area contributed by atoms with E-state index < -0.39 is 5.91 Å². The van der Waals surface area contributed by atoms with Gasteiger partial charge < -0.3 is 10.6 Å². The molecule has 136 valence electrons. The number of primary amides is 1. The molecule has 0 spiro atoms. The summed E-state index contributed by atoms with van der Waals surface area (Å²) in [6, 6.07) is 11.7. The summed E-state index contributed by atoms with van der Waals surface area (Å²) in [5, 5.41) is 0. The fourth-order valence-electron chi connectivity index (χ4n) is 4.83. The third-order valence-electron chi connectivity index (χ3n) is 6.17. The first-order chi connectivity index (χ1) is 13.1. The van der Waals surface area contributed by atoms with Gasteiger partial charge in [-0.2, -0.15) is 0 Å². The molecule has 2 aliphatic heterocycles. The molecule has 5 nitrogen and oxygen atoms in total. The molecule has 27 heavy (non-hydrogen) atoms. The molecule has 0 bridgehead atoms. The van der Waals surface area contributed by atoms with Gasteiger partial charge in [0.25, 0.3) is 5.91 Å². The number of carbonyl (C=O) groups is 2. The van der Waals surface area contributed by atoms with Crippen LogP contribution in [-0.2, 0) is 12.8 Å². The van der Waals surface area contributed by atoms with E-state index in [0.717, 1.165) is 37.9 Å². The van der Waals surface area contributed by atoms with Crippen LogP contribution in [0, 0.1) is 0 Å². The molecule has 5 rings (SSSR count). The van der Waals surface area contributed by atoms with Crippen LogP contribution in [0.4, 0.5) is 5.69 Å². The molecule has 0 radical (unpaired) electrons. The van der Waals surface area contributed by atoms with Gasteiger partial charge in [-0.05, 0) is 60.2 Å². The number of piperidine rings is 1. The number of carbonyl (C=O) groups excluding carboxylic acids is 2. The van der Waals surface area contributed by atoms with Crippen molar-refractivity contribution in [1.82, 2.24) is 4.90 Å². The molecule has 1 saturated heterocycles. The first kappa shape index (κ1) is 16.2. The van der Waals surface area contributed by atoms with Gasteiger partial charge in [0, 0.05) is 42.3 Å². The van der Waals surface area contributed by atoms with Crippen molar-refractivity contribution in [2.75, 3.05) is 6.54 Å². The van der Waals surface area contributed by atoms with Crippen LogP contribution in [0.2, 0.25) is 0 Å². The summed E-state index contributed by atoms with van der Waals surface area (Å²) in [4.78, 5) is 31.2. The molecular weight excluding hydrogens is 338 g/mol. The lowest BCUT2D eigenvalue weighted by Gasteiger charge is -2.38. The summed E-state index contributed by atoms with van der Waals surface area (Å²) in [7, 11) is 0. The third-order valence-corrected chi connectivity index (χ3v) is 6.17. The Labute approximate surface area is 157 Å². The van der Waals surface area contributed by atoms with E-state index in [-0.39, 0.29) is 17.9 Å². The highest BCUT2D eigenvalue weighted by Crippen LogP contribution is 2.43. The molecular formula is C22H21N3O2. The molecule has 2 N–H and O–H groups in total. The Bertz CT molecular complexity index is 995. The molecule has 0 saturated carbocycles. The zero-order valence-corrected chi connectivity index (χ0v) is 15.0. The number of likely N-dealkylation sites (tertiary alicyclic amines) is 1. The number of amides is 2. The first-order valence-electron chi connectivity index (χ1n) is 9.51. The molecule has 3 aliphatic rings. The molecule has 2 aromatic rings. The highest BCUT2D eigenvalue weighted by molar-refractivity contribution is 5.96. The molecule has 2 atom stereocenters. The molecule has 2 amide bonds. The van der Waals surface area contributed by atoms with E-state index in [1.807, 2.05) is 41.4 Å². The van der Waals surface area contributed by atoms with Crippen molar-refractivity contribution in [3.63, 3.8) is 0 Å². The second-order valence-corrected chi connectivity index (χ2v) is 7.66. The molecule has 1 aliphatic carbocycles. The topological polar surface area (TPSA) is 75.8 Å². The van der Waals surface area contributed by atoms with Crippen molar-refractivity contribution >= 4 is 23.7 Å². The zero-order chi connectivity index (χ0) is 18.5. The Morgan fingerprint density at radius 1 is 1.07 bits per heavy atom. The molecule has 0 aromatic heterocycles. The van der Waals surface area contributed by atoms with Crippen LogP contribution in [0.15, 0.2) is 41.4 Å². The van der Waals surface area contributed by atoms with E-state index in [1.54, 1.807) is 6.07 Å². The standard InChI is InChI=1S/C22H21N3O2/c23-21(26)15-5-4-14-12-20-17(18(14)10-15)2-1-9-25(20)22(27)16-6-3-13-7-8-24-19(13)11-16/h3-6,8,10-11,17,20H,1-2,7,9,12H2,(H2,23,26)/t17?,20-/m0/s1. The summed E-state index contributed by atoms with van der Waals surface area (Å²) in [5.41, 5.74) is 11.2. The number of rotatable bonds is 2. The number of fused-ring (bicyclic) bond motifs is 4. The van der Waals surface area contributed by atoms with Crippen LogP contribution in [0.3, 0.4) is 0 Å². The Hall–Kier alpha value is -2.95. The second kappa shape index (κ2) is 6.05. The van der Waals surface area contributed by atoms with Crippen molar-refractivity contribution in [2.24, 2.45) is 10.7 Å². The van der Waals surface area contributed by atoms with Crippen molar-refractivity contribution in [3.8, 4) is 0 Å². The summed E-state index contributed by atoms with van der Waals surface area (Å²) < 4.78 is 0. The number of nitrogens with two attached hydrogens (primary N) is 1. The Kier molecular flexibility index (Phi) is 3.64. The highest BCUT2D eigenvalue weighted by atomic mass is 16.2. The van der Waals surface area contributed by atoms with Crippen molar-refractivity contribution in [3.05, 3.63) is 64.2 Å². The average Bonchev–Trinajstić information content (AvgIpc) is 3.30. The third kappa shape index (κ3) is 2.57. The van der Waals surface area contributed by atoms with Crippen molar-refractivity contribution in [2.45, 2.75) is 37.6 Å². The number of hydrogen-bond donors (Lipinski definition) is 1. The van der Waals surface area contributed by atoms with Crippen LogP contribution in [0.1, 0.15) is 56.2 Å². The number of benzene rings is 2. The van der Waals surface area contributed by atoms with Gasteiger partial charge in [-0.3, -0.25) is 14.6 Å². The van der Waals surface area contributed by atoms with Gasteiger partial charge in [0.2, 0.25) is 5.91 Å². The van der Waals surface area contributed by atoms with Crippen LogP contribution in [-0.4, -0.2) is 35.5 Å². The average molecular weight is 359 g/mol. The van der Waals surface area contributed by atoms with Gasteiger partial charge in [-0.1, -0.05) is 12.1 Å². The van der Waals surface area contributed by atoms with E-state index in [4.69, 9.17) is 5.73 Å².